The van der Waals surface area contributed by atoms with E-state index in [0.717, 1.165) is 43.8 Å². The van der Waals surface area contributed by atoms with Crippen molar-refractivity contribution < 1.29 is 14.4 Å². The molecule has 0 radical (unpaired) electrons. The Bertz CT molecular complexity index is 1640. The molecule has 3 aliphatic carbocycles. The molecule has 4 aliphatic rings. The highest BCUT2D eigenvalue weighted by Crippen LogP contribution is 2.69. The average molecular weight is 596 g/mol. The van der Waals surface area contributed by atoms with Gasteiger partial charge in [0, 0.05) is 12.1 Å². The van der Waals surface area contributed by atoms with Crippen molar-refractivity contribution in [1.29, 1.82) is 0 Å². The number of carbonyl (C=O) groups is 3. The van der Waals surface area contributed by atoms with Crippen LogP contribution >= 0.6 is 23.2 Å². The van der Waals surface area contributed by atoms with Gasteiger partial charge in [-0.3, -0.25) is 19.3 Å². The molecule has 4 aromatic carbocycles. The lowest BCUT2D eigenvalue weighted by atomic mass is 9.54. The number of anilines is 1. The molecular weight excluding hydrogens is 567 g/mol. The largest absolute Gasteiger partial charge is 0.324 e. The normalized spacial score (nSPS) is 26.0. The first kappa shape index (κ1) is 26.9. The van der Waals surface area contributed by atoms with Crippen LogP contribution < -0.4 is 5.32 Å². The molecule has 210 valence electrons. The Morgan fingerprint density at radius 1 is 0.738 bits per heavy atom. The topological polar surface area (TPSA) is 66.5 Å². The van der Waals surface area contributed by atoms with Crippen molar-refractivity contribution >= 4 is 46.6 Å². The van der Waals surface area contributed by atoms with Crippen molar-refractivity contribution in [2.45, 2.75) is 36.1 Å². The fourth-order valence-electron chi connectivity index (χ4n) is 7.41. The van der Waals surface area contributed by atoms with Crippen molar-refractivity contribution in [3.05, 3.63) is 136 Å². The van der Waals surface area contributed by atoms with Gasteiger partial charge in [-0.2, -0.15) is 0 Å². The molecule has 1 saturated heterocycles. The third kappa shape index (κ3) is 3.66. The summed E-state index contributed by atoms with van der Waals surface area (Å²) in [6, 6.07) is 29.1. The number of likely N-dealkylation sites (tertiary alicyclic amines) is 1. The number of rotatable bonds is 5. The van der Waals surface area contributed by atoms with Gasteiger partial charge in [0.25, 0.3) is 0 Å². The van der Waals surface area contributed by atoms with Crippen LogP contribution in [0.4, 0.5) is 5.69 Å². The molecule has 5 nitrogen and oxygen atoms in total. The van der Waals surface area contributed by atoms with Gasteiger partial charge in [-0.1, -0.05) is 84.9 Å². The summed E-state index contributed by atoms with van der Waals surface area (Å²) < 4.78 is 0. The maximum absolute atomic E-state index is 14.6. The van der Waals surface area contributed by atoms with Crippen LogP contribution in [0, 0.1) is 25.7 Å². The van der Waals surface area contributed by atoms with E-state index in [9.17, 15) is 14.4 Å². The zero-order valence-electron chi connectivity index (χ0n) is 23.1. The van der Waals surface area contributed by atoms with Crippen LogP contribution in [0.1, 0.15) is 38.9 Å². The molecule has 3 amide bonds. The standard InChI is InChI=1S/C35H28Cl2N2O3/c1-20-16-21(2)18-23(17-20)38-31(40)28(19-22-10-4-3-5-11-22)39-32(41)29-30(33(39)42)35(37)25-13-7-6-12-24(25)34(29,36)26-14-8-9-15-27(26)35/h3-18,28-30H,19H2,1-2H3,(H,38,40)/t28-,29+,30+,34?,35?/m0/s1. The number of aryl methyl sites for hydroxylation is 2. The lowest BCUT2D eigenvalue weighted by Gasteiger charge is -2.54. The Labute approximate surface area is 254 Å². The molecule has 0 aromatic heterocycles. The van der Waals surface area contributed by atoms with E-state index < -0.39 is 45.3 Å². The zero-order chi connectivity index (χ0) is 29.4. The molecule has 2 bridgehead atoms. The molecule has 0 saturated carbocycles. The Balaban J connectivity index is 1.36. The minimum atomic E-state index is -1.31. The highest BCUT2D eigenvalue weighted by molar-refractivity contribution is 6.36. The summed E-state index contributed by atoms with van der Waals surface area (Å²) in [5, 5.41) is 2.98. The smallest absolute Gasteiger partial charge is 0.248 e. The van der Waals surface area contributed by atoms with Crippen LogP contribution in [0.3, 0.4) is 0 Å². The van der Waals surface area contributed by atoms with E-state index >= 15 is 0 Å². The van der Waals surface area contributed by atoms with Gasteiger partial charge in [-0.25, -0.2) is 0 Å². The van der Waals surface area contributed by atoms with Gasteiger partial charge in [-0.05, 0) is 64.9 Å². The van der Waals surface area contributed by atoms with E-state index in [-0.39, 0.29) is 6.42 Å². The van der Waals surface area contributed by atoms with Crippen LogP contribution in [0.2, 0.25) is 0 Å². The van der Waals surface area contributed by atoms with E-state index in [1.54, 1.807) is 0 Å². The van der Waals surface area contributed by atoms with Crippen LogP contribution in [-0.4, -0.2) is 28.7 Å². The maximum atomic E-state index is 14.6. The molecule has 1 heterocycles. The molecule has 7 heteroatoms. The second kappa shape index (κ2) is 9.55. The number of amides is 3. The number of nitrogens with one attached hydrogen (secondary N) is 1. The summed E-state index contributed by atoms with van der Waals surface area (Å²) in [5.41, 5.74) is 6.31. The molecule has 1 fully saturated rings. The molecule has 1 N–H and O–H groups in total. The molecule has 4 aromatic rings. The van der Waals surface area contributed by atoms with E-state index in [4.69, 9.17) is 23.2 Å². The number of hydrogen-bond acceptors (Lipinski definition) is 3. The van der Waals surface area contributed by atoms with Crippen molar-refractivity contribution in [1.82, 2.24) is 4.90 Å². The SMILES string of the molecule is Cc1cc(C)cc(NC(=O)[C@H](Cc2ccccc2)N2C(=O)[C@H]3[C@H](C2=O)C2(Cl)c4ccccc4C3(Cl)c3ccccc32)c1. The minimum Gasteiger partial charge on any atom is -0.324 e. The van der Waals surface area contributed by atoms with Crippen LogP contribution in [-0.2, 0) is 30.6 Å². The first-order valence-electron chi connectivity index (χ1n) is 14.0. The second-order valence-corrected chi connectivity index (χ2v) is 12.8. The maximum Gasteiger partial charge on any atom is 0.248 e. The molecule has 42 heavy (non-hydrogen) atoms. The molecule has 8 rings (SSSR count). The monoisotopic (exact) mass is 594 g/mol. The fourth-order valence-corrected chi connectivity index (χ4v) is 8.50. The van der Waals surface area contributed by atoms with Crippen LogP contribution in [0.15, 0.2) is 97.1 Å². The van der Waals surface area contributed by atoms with Crippen molar-refractivity contribution in [3.8, 4) is 0 Å². The minimum absolute atomic E-state index is 0.152. The molecule has 0 unspecified atom stereocenters. The first-order chi connectivity index (χ1) is 20.2. The number of imide groups is 1. The second-order valence-electron chi connectivity index (χ2n) is 11.6. The summed E-state index contributed by atoms with van der Waals surface area (Å²) in [5.74, 6) is -3.35. The molecule has 0 spiro atoms. The lowest BCUT2D eigenvalue weighted by molar-refractivity contribution is -0.146. The van der Waals surface area contributed by atoms with E-state index in [1.807, 2.05) is 111 Å². The lowest BCUT2D eigenvalue weighted by Crippen LogP contribution is -2.57. The van der Waals surface area contributed by atoms with Gasteiger partial charge in [0.2, 0.25) is 17.7 Å². The van der Waals surface area contributed by atoms with E-state index in [2.05, 4.69) is 5.32 Å². The van der Waals surface area contributed by atoms with Gasteiger partial charge >= 0.3 is 0 Å². The average Bonchev–Trinajstić information content (AvgIpc) is 3.25. The number of alkyl halides is 2. The number of benzene rings is 4. The highest BCUT2D eigenvalue weighted by atomic mass is 35.5. The van der Waals surface area contributed by atoms with Gasteiger partial charge in [-0.15, -0.1) is 23.2 Å². The van der Waals surface area contributed by atoms with Gasteiger partial charge < -0.3 is 5.32 Å². The third-order valence-electron chi connectivity index (χ3n) is 8.99. The Morgan fingerprint density at radius 2 is 1.17 bits per heavy atom. The van der Waals surface area contributed by atoms with Crippen LogP contribution in [0.25, 0.3) is 0 Å². The van der Waals surface area contributed by atoms with Crippen molar-refractivity contribution in [3.63, 3.8) is 0 Å². The summed E-state index contributed by atoms with van der Waals surface area (Å²) in [4.78, 5) is 41.8. The number of nitrogens with zero attached hydrogens (tertiary/aromatic N) is 1. The number of carbonyl (C=O) groups excluding carboxylic acids is 3. The highest BCUT2D eigenvalue weighted by Gasteiger charge is 2.73. The Hall–Kier alpha value is -3.93. The summed E-state index contributed by atoms with van der Waals surface area (Å²) in [7, 11) is 0. The summed E-state index contributed by atoms with van der Waals surface area (Å²) in [6.45, 7) is 3.90. The molecular formula is C35H28Cl2N2O3. The number of hydrogen-bond donors (Lipinski definition) is 1. The quantitative estimate of drug-likeness (QED) is 0.213. The van der Waals surface area contributed by atoms with Gasteiger partial charge in [0.1, 0.15) is 15.8 Å². The zero-order valence-corrected chi connectivity index (χ0v) is 24.6. The predicted molar refractivity (Wildman–Crippen MR) is 163 cm³/mol. The first-order valence-corrected chi connectivity index (χ1v) is 14.8. The number of halogens is 2. The predicted octanol–water partition coefficient (Wildman–Crippen LogP) is 6.45. The summed E-state index contributed by atoms with van der Waals surface area (Å²) >= 11 is 15.2. The Kier molecular flexibility index (Phi) is 6.12. The van der Waals surface area contributed by atoms with Gasteiger partial charge in [0.15, 0.2) is 0 Å². The summed E-state index contributed by atoms with van der Waals surface area (Å²) in [6.07, 6.45) is 0.152. The fraction of sp³-hybridized carbons (Fsp3) is 0.229. The van der Waals surface area contributed by atoms with E-state index in [0.29, 0.717) is 5.69 Å². The molecule has 1 aliphatic heterocycles. The van der Waals surface area contributed by atoms with Gasteiger partial charge in [0.05, 0.1) is 11.8 Å². The Morgan fingerprint density at radius 3 is 1.62 bits per heavy atom. The van der Waals surface area contributed by atoms with Crippen molar-refractivity contribution in [2.24, 2.45) is 11.8 Å². The van der Waals surface area contributed by atoms with Crippen molar-refractivity contribution in [2.75, 3.05) is 5.32 Å². The third-order valence-corrected chi connectivity index (χ3v) is 10.3. The molecule has 3 atom stereocenters. The van der Waals surface area contributed by atoms with Crippen LogP contribution in [0.5, 0.6) is 0 Å². The van der Waals surface area contributed by atoms with E-state index in [1.165, 1.54) is 0 Å².